The zero-order valence-corrected chi connectivity index (χ0v) is 19.3. The average Bonchev–Trinajstić information content (AvgIpc) is 2.87. The highest BCUT2D eigenvalue weighted by Crippen LogP contribution is 2.32. The standard InChI is InChI=1S/C27H24FN3O4/c1-3-17-6-4-5-7-22(17)31-27(33)29-20-12-13-23-21(14-20)25(35-16-26(32)34-2)15-24(30-23)18-8-10-19(28)11-9-18/h4-15H,3,16H2,1-2H3,(H2,29,31,33). The fourth-order valence-corrected chi connectivity index (χ4v) is 3.59. The van der Waals surface area contributed by atoms with Gasteiger partial charge in [-0.15, -0.1) is 0 Å². The molecule has 0 spiro atoms. The van der Waals surface area contributed by atoms with Crippen LogP contribution in [0.25, 0.3) is 22.2 Å². The van der Waals surface area contributed by atoms with Crippen molar-refractivity contribution in [2.24, 2.45) is 0 Å². The summed E-state index contributed by atoms with van der Waals surface area (Å²) in [5.74, 6) is -0.520. The van der Waals surface area contributed by atoms with Crippen LogP contribution >= 0.6 is 0 Å². The Balaban J connectivity index is 1.65. The molecule has 178 valence electrons. The van der Waals surface area contributed by atoms with Gasteiger partial charge in [-0.3, -0.25) is 0 Å². The monoisotopic (exact) mass is 473 g/mol. The number of pyridine rings is 1. The van der Waals surface area contributed by atoms with Crippen LogP contribution in [-0.4, -0.2) is 30.7 Å². The number of urea groups is 1. The molecular weight excluding hydrogens is 449 g/mol. The number of methoxy groups -OCH3 is 1. The van der Waals surface area contributed by atoms with Crippen molar-refractivity contribution in [2.75, 3.05) is 24.4 Å². The van der Waals surface area contributed by atoms with Gasteiger partial charge in [0.1, 0.15) is 11.6 Å². The van der Waals surface area contributed by atoms with Gasteiger partial charge in [-0.1, -0.05) is 25.1 Å². The molecule has 2 amide bonds. The molecule has 0 bridgehead atoms. The van der Waals surface area contributed by atoms with Crippen LogP contribution in [0, 0.1) is 5.82 Å². The van der Waals surface area contributed by atoms with Gasteiger partial charge in [0, 0.05) is 28.4 Å². The van der Waals surface area contributed by atoms with Gasteiger partial charge in [-0.25, -0.2) is 19.0 Å². The van der Waals surface area contributed by atoms with Crippen LogP contribution in [0.15, 0.2) is 72.8 Å². The minimum absolute atomic E-state index is 0.301. The minimum Gasteiger partial charge on any atom is -0.481 e. The smallest absolute Gasteiger partial charge is 0.343 e. The van der Waals surface area contributed by atoms with Crippen LogP contribution in [-0.2, 0) is 16.0 Å². The van der Waals surface area contributed by atoms with Crippen LogP contribution in [0.5, 0.6) is 5.75 Å². The van der Waals surface area contributed by atoms with Gasteiger partial charge in [0.25, 0.3) is 0 Å². The van der Waals surface area contributed by atoms with Crippen molar-refractivity contribution in [1.82, 2.24) is 4.98 Å². The number of esters is 1. The van der Waals surface area contributed by atoms with E-state index in [0.717, 1.165) is 17.7 Å². The van der Waals surface area contributed by atoms with Crippen molar-refractivity contribution in [1.29, 1.82) is 0 Å². The normalized spacial score (nSPS) is 10.6. The third-order valence-corrected chi connectivity index (χ3v) is 5.39. The molecule has 0 saturated carbocycles. The fraction of sp³-hybridized carbons (Fsp3) is 0.148. The third kappa shape index (κ3) is 5.73. The van der Waals surface area contributed by atoms with Gasteiger partial charge in [-0.2, -0.15) is 0 Å². The number of amides is 2. The Morgan fingerprint density at radius 2 is 1.74 bits per heavy atom. The van der Waals surface area contributed by atoms with Crippen molar-refractivity contribution in [2.45, 2.75) is 13.3 Å². The first-order valence-corrected chi connectivity index (χ1v) is 11.0. The van der Waals surface area contributed by atoms with Gasteiger partial charge < -0.3 is 20.1 Å². The number of para-hydroxylation sites is 1. The van der Waals surface area contributed by atoms with Gasteiger partial charge in [0.2, 0.25) is 0 Å². The van der Waals surface area contributed by atoms with E-state index in [1.54, 1.807) is 36.4 Å². The number of hydrogen-bond acceptors (Lipinski definition) is 5. The first-order valence-electron chi connectivity index (χ1n) is 11.0. The summed E-state index contributed by atoms with van der Waals surface area (Å²) in [6.45, 7) is 1.72. The first-order chi connectivity index (χ1) is 17.0. The highest BCUT2D eigenvalue weighted by Gasteiger charge is 2.13. The van der Waals surface area contributed by atoms with E-state index in [2.05, 4.69) is 20.4 Å². The van der Waals surface area contributed by atoms with E-state index >= 15 is 0 Å². The van der Waals surface area contributed by atoms with Crippen molar-refractivity contribution in [3.8, 4) is 17.0 Å². The number of halogens is 1. The predicted molar refractivity (Wildman–Crippen MR) is 133 cm³/mol. The molecule has 7 nitrogen and oxygen atoms in total. The Bertz CT molecular complexity index is 1370. The second kappa shape index (κ2) is 10.6. The van der Waals surface area contributed by atoms with Crippen LogP contribution in [0.4, 0.5) is 20.6 Å². The second-order valence-corrected chi connectivity index (χ2v) is 7.70. The molecule has 8 heteroatoms. The number of nitrogens with zero attached hydrogens (tertiary/aromatic N) is 1. The number of rotatable bonds is 7. The predicted octanol–water partition coefficient (Wildman–Crippen LogP) is 5.80. The van der Waals surface area contributed by atoms with Crippen LogP contribution < -0.4 is 15.4 Å². The summed E-state index contributed by atoms with van der Waals surface area (Å²) in [5, 5.41) is 6.28. The second-order valence-electron chi connectivity index (χ2n) is 7.70. The molecule has 2 N–H and O–H groups in total. The molecule has 0 radical (unpaired) electrons. The van der Waals surface area contributed by atoms with Crippen molar-refractivity contribution in [3.63, 3.8) is 0 Å². The number of hydrogen-bond donors (Lipinski definition) is 2. The molecule has 1 aromatic heterocycles. The number of carbonyl (C=O) groups excluding carboxylic acids is 2. The Labute approximate surface area is 201 Å². The van der Waals surface area contributed by atoms with Crippen LogP contribution in [0.1, 0.15) is 12.5 Å². The van der Waals surface area contributed by atoms with Crippen LogP contribution in [0.3, 0.4) is 0 Å². The summed E-state index contributed by atoms with van der Waals surface area (Å²) >= 11 is 0. The molecule has 4 aromatic rings. The number of benzene rings is 3. The number of anilines is 2. The molecule has 4 rings (SSSR count). The third-order valence-electron chi connectivity index (χ3n) is 5.39. The highest BCUT2D eigenvalue weighted by molar-refractivity contribution is 6.02. The van der Waals surface area contributed by atoms with E-state index in [0.29, 0.717) is 33.6 Å². The number of fused-ring (bicyclic) bond motifs is 1. The fourth-order valence-electron chi connectivity index (χ4n) is 3.59. The number of carbonyl (C=O) groups is 2. The summed E-state index contributed by atoms with van der Waals surface area (Å²) in [6.07, 6.45) is 0.787. The van der Waals surface area contributed by atoms with Gasteiger partial charge in [-0.05, 0) is 60.5 Å². The lowest BCUT2D eigenvalue weighted by Gasteiger charge is -2.14. The van der Waals surface area contributed by atoms with Crippen LogP contribution in [0.2, 0.25) is 0 Å². The zero-order valence-electron chi connectivity index (χ0n) is 19.3. The summed E-state index contributed by atoms with van der Waals surface area (Å²) in [4.78, 5) is 29.0. The summed E-state index contributed by atoms with van der Waals surface area (Å²) in [5.41, 5.74) is 4.09. The van der Waals surface area contributed by atoms with E-state index in [4.69, 9.17) is 4.74 Å². The lowest BCUT2D eigenvalue weighted by molar-refractivity contribution is -0.142. The van der Waals surface area contributed by atoms with Crippen molar-refractivity contribution < 1.29 is 23.5 Å². The maximum atomic E-state index is 13.4. The van der Waals surface area contributed by atoms with E-state index in [1.165, 1.54) is 19.2 Å². The topological polar surface area (TPSA) is 89.5 Å². The molecule has 0 saturated heterocycles. The average molecular weight is 474 g/mol. The number of aromatic nitrogens is 1. The largest absolute Gasteiger partial charge is 0.481 e. The number of aryl methyl sites for hydroxylation is 1. The summed E-state index contributed by atoms with van der Waals surface area (Å²) < 4.78 is 23.8. The molecule has 3 aromatic carbocycles. The minimum atomic E-state index is -0.540. The number of ether oxygens (including phenoxy) is 2. The molecule has 35 heavy (non-hydrogen) atoms. The van der Waals surface area contributed by atoms with Crippen molar-refractivity contribution >= 4 is 34.3 Å². The SMILES string of the molecule is CCc1ccccc1NC(=O)Nc1ccc2nc(-c3ccc(F)cc3)cc(OCC(=O)OC)c2c1. The highest BCUT2D eigenvalue weighted by atomic mass is 19.1. The molecule has 0 atom stereocenters. The Kier molecular flexibility index (Phi) is 7.21. The van der Waals surface area contributed by atoms with E-state index in [9.17, 15) is 14.0 Å². The zero-order chi connectivity index (χ0) is 24.8. The maximum absolute atomic E-state index is 13.4. The molecule has 0 aliphatic carbocycles. The number of nitrogens with one attached hydrogen (secondary N) is 2. The first kappa shape index (κ1) is 23.7. The Morgan fingerprint density at radius 3 is 2.49 bits per heavy atom. The van der Waals surface area contributed by atoms with Gasteiger partial charge in [0.15, 0.2) is 6.61 Å². The molecule has 0 aliphatic rings. The lowest BCUT2D eigenvalue weighted by Crippen LogP contribution is -2.20. The summed E-state index contributed by atoms with van der Waals surface area (Å²) in [7, 11) is 1.28. The Hall–Kier alpha value is -4.46. The lowest BCUT2D eigenvalue weighted by atomic mass is 10.1. The Morgan fingerprint density at radius 1 is 0.971 bits per heavy atom. The van der Waals surface area contributed by atoms with Gasteiger partial charge >= 0.3 is 12.0 Å². The molecule has 0 aliphatic heterocycles. The summed E-state index contributed by atoms with van der Waals surface area (Å²) in [6, 6.07) is 20.0. The molecular formula is C27H24FN3O4. The van der Waals surface area contributed by atoms with Crippen molar-refractivity contribution in [3.05, 3.63) is 84.2 Å². The molecule has 1 heterocycles. The van der Waals surface area contributed by atoms with E-state index < -0.39 is 12.0 Å². The quantitative estimate of drug-likeness (QED) is 0.331. The molecule has 0 unspecified atom stereocenters. The van der Waals surface area contributed by atoms with Gasteiger partial charge in [0.05, 0.1) is 18.3 Å². The maximum Gasteiger partial charge on any atom is 0.343 e. The van der Waals surface area contributed by atoms with E-state index in [1.807, 2.05) is 31.2 Å². The molecule has 0 fully saturated rings. The van der Waals surface area contributed by atoms with E-state index in [-0.39, 0.29) is 12.4 Å².